The summed E-state index contributed by atoms with van der Waals surface area (Å²) in [5.41, 5.74) is 1.86. The van der Waals surface area contributed by atoms with E-state index in [4.69, 9.17) is 10.00 Å². The van der Waals surface area contributed by atoms with Crippen LogP contribution < -0.4 is 10.1 Å². The highest BCUT2D eigenvalue weighted by atomic mass is 16.6. The van der Waals surface area contributed by atoms with E-state index in [1.54, 1.807) is 0 Å². The van der Waals surface area contributed by atoms with E-state index in [0.29, 0.717) is 18.8 Å². The molecule has 0 amide bonds. The Morgan fingerprint density at radius 2 is 2.00 bits per heavy atom. The standard InChI is InChI=1S/C16H15N3O3/c1-12-2-5-15(6-3-12)22-9-8-18-16-7-4-14(19(20)21)10-13(16)11-17/h2-7,10,18H,8-9H2,1H3. The van der Waals surface area contributed by atoms with Crippen molar-refractivity contribution in [2.75, 3.05) is 18.5 Å². The summed E-state index contributed by atoms with van der Waals surface area (Å²) < 4.78 is 5.56. The third kappa shape index (κ3) is 3.96. The average Bonchev–Trinajstić information content (AvgIpc) is 2.53. The maximum absolute atomic E-state index is 10.7. The molecule has 0 spiro atoms. The van der Waals surface area contributed by atoms with E-state index in [1.165, 1.54) is 18.2 Å². The summed E-state index contributed by atoms with van der Waals surface area (Å²) in [4.78, 5) is 10.2. The molecule has 2 aromatic rings. The maximum atomic E-state index is 10.7. The molecular formula is C16H15N3O3. The highest BCUT2D eigenvalue weighted by molar-refractivity contribution is 5.61. The van der Waals surface area contributed by atoms with Crippen LogP contribution in [0, 0.1) is 28.4 Å². The number of ether oxygens (including phenoxy) is 1. The predicted molar refractivity (Wildman–Crippen MR) is 83.0 cm³/mol. The van der Waals surface area contributed by atoms with Crippen LogP contribution in [0.3, 0.4) is 0 Å². The second-order valence-corrected chi connectivity index (χ2v) is 4.69. The van der Waals surface area contributed by atoms with E-state index in [2.05, 4.69) is 5.32 Å². The molecule has 6 nitrogen and oxygen atoms in total. The Morgan fingerprint density at radius 1 is 1.27 bits per heavy atom. The van der Waals surface area contributed by atoms with E-state index in [1.807, 2.05) is 37.3 Å². The molecule has 22 heavy (non-hydrogen) atoms. The van der Waals surface area contributed by atoms with Gasteiger partial charge in [0.15, 0.2) is 0 Å². The number of nitro benzene ring substituents is 1. The molecule has 0 saturated carbocycles. The molecule has 0 atom stereocenters. The van der Waals surface area contributed by atoms with Gasteiger partial charge in [0, 0.05) is 18.7 Å². The van der Waals surface area contributed by atoms with Crippen molar-refractivity contribution in [3.05, 3.63) is 63.7 Å². The number of hydrogen-bond donors (Lipinski definition) is 1. The molecule has 0 aliphatic carbocycles. The summed E-state index contributed by atoms with van der Waals surface area (Å²) in [6.07, 6.45) is 0. The Morgan fingerprint density at radius 3 is 2.64 bits per heavy atom. The molecule has 0 radical (unpaired) electrons. The molecule has 1 N–H and O–H groups in total. The summed E-state index contributed by atoms with van der Waals surface area (Å²) in [6.45, 7) is 2.91. The highest BCUT2D eigenvalue weighted by Gasteiger charge is 2.10. The van der Waals surface area contributed by atoms with Gasteiger partial charge in [-0.3, -0.25) is 10.1 Å². The Bertz CT molecular complexity index is 706. The SMILES string of the molecule is Cc1ccc(OCCNc2ccc([N+](=O)[O-])cc2C#N)cc1. The minimum atomic E-state index is -0.523. The van der Waals surface area contributed by atoms with Crippen molar-refractivity contribution in [1.29, 1.82) is 5.26 Å². The molecule has 6 heteroatoms. The molecule has 2 aromatic carbocycles. The summed E-state index contributed by atoms with van der Waals surface area (Å²) in [5.74, 6) is 0.775. The molecule has 112 valence electrons. The topological polar surface area (TPSA) is 88.2 Å². The second kappa shape index (κ2) is 7.09. The van der Waals surface area contributed by atoms with Gasteiger partial charge in [0.05, 0.1) is 16.2 Å². The Kier molecular flexibility index (Phi) is 4.94. The number of nitro groups is 1. The van der Waals surface area contributed by atoms with Gasteiger partial charge < -0.3 is 10.1 Å². The lowest BCUT2D eigenvalue weighted by atomic mass is 10.1. The van der Waals surface area contributed by atoms with Crippen molar-refractivity contribution in [2.24, 2.45) is 0 Å². The second-order valence-electron chi connectivity index (χ2n) is 4.69. The van der Waals surface area contributed by atoms with Crippen LogP contribution >= 0.6 is 0 Å². The van der Waals surface area contributed by atoms with Crippen LogP contribution in [0.4, 0.5) is 11.4 Å². The predicted octanol–water partition coefficient (Wildman–Crippen LogP) is 3.27. The fourth-order valence-corrected chi connectivity index (χ4v) is 1.88. The van der Waals surface area contributed by atoms with E-state index in [-0.39, 0.29) is 11.3 Å². The number of nitrogens with zero attached hydrogens (tertiary/aromatic N) is 2. The van der Waals surface area contributed by atoms with Gasteiger partial charge in [-0.1, -0.05) is 17.7 Å². The maximum Gasteiger partial charge on any atom is 0.270 e. The molecule has 0 saturated heterocycles. The van der Waals surface area contributed by atoms with Gasteiger partial charge in [-0.25, -0.2) is 0 Å². The molecule has 0 fully saturated rings. The lowest BCUT2D eigenvalue weighted by Gasteiger charge is -2.10. The Labute approximate surface area is 128 Å². The van der Waals surface area contributed by atoms with Crippen molar-refractivity contribution >= 4 is 11.4 Å². The van der Waals surface area contributed by atoms with Crippen LogP contribution in [0.1, 0.15) is 11.1 Å². The lowest BCUT2D eigenvalue weighted by Crippen LogP contribution is -2.12. The molecule has 0 heterocycles. The van der Waals surface area contributed by atoms with Crippen LogP contribution in [0.5, 0.6) is 5.75 Å². The summed E-state index contributed by atoms with van der Waals surface area (Å²) in [5, 5.41) is 22.8. The van der Waals surface area contributed by atoms with Crippen LogP contribution in [-0.2, 0) is 0 Å². The summed E-state index contributed by atoms with van der Waals surface area (Å²) in [6, 6.07) is 13.8. The van der Waals surface area contributed by atoms with Gasteiger partial charge in [-0.15, -0.1) is 0 Å². The largest absolute Gasteiger partial charge is 0.492 e. The first-order chi connectivity index (χ1) is 10.6. The normalized spacial score (nSPS) is 9.82. The molecule has 0 bridgehead atoms. The smallest absolute Gasteiger partial charge is 0.270 e. The Hall–Kier alpha value is -3.07. The monoisotopic (exact) mass is 297 g/mol. The van der Waals surface area contributed by atoms with Crippen molar-refractivity contribution in [2.45, 2.75) is 6.92 Å². The van der Waals surface area contributed by atoms with Gasteiger partial charge in [0.2, 0.25) is 0 Å². The summed E-state index contributed by atoms with van der Waals surface area (Å²) in [7, 11) is 0. The molecule has 0 aromatic heterocycles. The van der Waals surface area contributed by atoms with E-state index in [0.717, 1.165) is 11.3 Å². The zero-order valence-electron chi connectivity index (χ0n) is 12.1. The first-order valence-corrected chi connectivity index (χ1v) is 6.72. The fourth-order valence-electron chi connectivity index (χ4n) is 1.88. The molecule has 2 rings (SSSR count). The first kappa shape index (κ1) is 15.3. The summed E-state index contributed by atoms with van der Waals surface area (Å²) >= 11 is 0. The quantitative estimate of drug-likeness (QED) is 0.502. The van der Waals surface area contributed by atoms with Crippen molar-refractivity contribution < 1.29 is 9.66 Å². The van der Waals surface area contributed by atoms with Crippen LogP contribution in [-0.4, -0.2) is 18.1 Å². The van der Waals surface area contributed by atoms with Crippen LogP contribution in [0.15, 0.2) is 42.5 Å². The number of nitriles is 1. The lowest BCUT2D eigenvalue weighted by molar-refractivity contribution is -0.384. The van der Waals surface area contributed by atoms with Gasteiger partial charge in [-0.05, 0) is 25.1 Å². The molecule has 0 aliphatic rings. The van der Waals surface area contributed by atoms with Crippen molar-refractivity contribution in [1.82, 2.24) is 0 Å². The average molecular weight is 297 g/mol. The van der Waals surface area contributed by atoms with E-state index in [9.17, 15) is 10.1 Å². The van der Waals surface area contributed by atoms with Crippen molar-refractivity contribution in [3.63, 3.8) is 0 Å². The number of benzene rings is 2. The highest BCUT2D eigenvalue weighted by Crippen LogP contribution is 2.21. The van der Waals surface area contributed by atoms with Crippen molar-refractivity contribution in [3.8, 4) is 11.8 Å². The van der Waals surface area contributed by atoms with E-state index < -0.39 is 4.92 Å². The number of hydrogen-bond acceptors (Lipinski definition) is 5. The van der Waals surface area contributed by atoms with Gasteiger partial charge in [0.25, 0.3) is 5.69 Å². The third-order valence-corrected chi connectivity index (χ3v) is 3.04. The fraction of sp³-hybridized carbons (Fsp3) is 0.188. The number of anilines is 1. The van der Waals surface area contributed by atoms with Gasteiger partial charge in [0.1, 0.15) is 18.4 Å². The third-order valence-electron chi connectivity index (χ3n) is 3.04. The molecule has 0 unspecified atom stereocenters. The molecular weight excluding hydrogens is 282 g/mol. The van der Waals surface area contributed by atoms with Gasteiger partial charge >= 0.3 is 0 Å². The first-order valence-electron chi connectivity index (χ1n) is 6.72. The van der Waals surface area contributed by atoms with Crippen LogP contribution in [0.25, 0.3) is 0 Å². The molecule has 0 aliphatic heterocycles. The van der Waals surface area contributed by atoms with Gasteiger partial charge in [-0.2, -0.15) is 5.26 Å². The number of rotatable bonds is 6. The number of aryl methyl sites for hydroxylation is 1. The zero-order chi connectivity index (χ0) is 15.9. The Balaban J connectivity index is 1.90. The zero-order valence-corrected chi connectivity index (χ0v) is 12.1. The minimum absolute atomic E-state index is 0.0991. The van der Waals surface area contributed by atoms with Crippen LogP contribution in [0.2, 0.25) is 0 Å². The van der Waals surface area contributed by atoms with E-state index >= 15 is 0 Å². The number of nitrogens with one attached hydrogen (secondary N) is 1. The number of non-ortho nitro benzene ring substituents is 1. The minimum Gasteiger partial charge on any atom is -0.492 e.